The highest BCUT2D eigenvalue weighted by Gasteiger charge is 2.05. The number of para-hydroxylation sites is 1. The predicted molar refractivity (Wildman–Crippen MR) is 83.9 cm³/mol. The van der Waals surface area contributed by atoms with Crippen LogP contribution in [-0.2, 0) is 6.42 Å². The average molecular weight is 302 g/mol. The topological polar surface area (TPSA) is 92.5 Å². The summed E-state index contributed by atoms with van der Waals surface area (Å²) in [6, 6.07) is 17.7. The highest BCUT2D eigenvalue weighted by atomic mass is 16.6. The van der Waals surface area contributed by atoms with Gasteiger partial charge in [-0.15, -0.1) is 0 Å². The van der Waals surface area contributed by atoms with Gasteiger partial charge in [-0.2, -0.15) is 0 Å². The smallest absolute Gasteiger partial charge is 0.404 e. The molecule has 2 rings (SSSR count). The van der Waals surface area contributed by atoms with E-state index in [4.69, 9.17) is 5.11 Å². The van der Waals surface area contributed by atoms with Gasteiger partial charge in [0.25, 0.3) is 5.69 Å². The molecule has 0 saturated carbocycles. The van der Waals surface area contributed by atoms with Crippen LogP contribution in [0.2, 0.25) is 0 Å². The minimum atomic E-state index is -0.969. The fraction of sp³-hybridized carbons (Fsp3) is 0.188. The minimum absolute atomic E-state index is 0.0418. The predicted octanol–water partition coefficient (Wildman–Crippen LogP) is 3.48. The van der Waals surface area contributed by atoms with Crippen LogP contribution in [0, 0.1) is 10.1 Å². The summed E-state index contributed by atoms with van der Waals surface area (Å²) in [5.41, 5.74) is 1.28. The number of nitrogens with one attached hydrogen (secondary N) is 1. The van der Waals surface area contributed by atoms with Crippen molar-refractivity contribution < 1.29 is 14.8 Å². The van der Waals surface area contributed by atoms with Crippen LogP contribution >= 0.6 is 0 Å². The highest BCUT2D eigenvalue weighted by molar-refractivity contribution is 5.64. The molecule has 6 nitrogen and oxygen atoms in total. The Hall–Kier alpha value is -2.89. The van der Waals surface area contributed by atoms with Crippen LogP contribution in [0.5, 0.6) is 0 Å². The summed E-state index contributed by atoms with van der Waals surface area (Å²) in [5, 5.41) is 20.9. The van der Waals surface area contributed by atoms with Gasteiger partial charge in [0.15, 0.2) is 0 Å². The normalized spacial score (nSPS) is 10.8. The minimum Gasteiger partial charge on any atom is -0.465 e. The summed E-state index contributed by atoms with van der Waals surface area (Å²) in [7, 11) is 0. The molecule has 0 bridgehead atoms. The van der Waals surface area contributed by atoms with E-state index in [2.05, 4.69) is 5.32 Å². The van der Waals surface area contributed by atoms with E-state index in [0.29, 0.717) is 0 Å². The maximum Gasteiger partial charge on any atom is 0.404 e. The molecule has 2 aromatic carbocycles. The van der Waals surface area contributed by atoms with Gasteiger partial charge in [-0.3, -0.25) is 10.1 Å². The van der Waals surface area contributed by atoms with Crippen LogP contribution in [0.25, 0.3) is 0 Å². The Morgan fingerprint density at radius 2 is 1.64 bits per heavy atom. The number of rotatable bonds is 4. The number of carboxylic acid groups (broad SMARTS) is 1. The Morgan fingerprint density at radius 1 is 1.14 bits per heavy atom. The van der Waals surface area contributed by atoms with E-state index in [1.165, 1.54) is 12.1 Å². The summed E-state index contributed by atoms with van der Waals surface area (Å²) in [6.07, 6.45) is -0.240. The number of nitro groups is 1. The van der Waals surface area contributed by atoms with Crippen LogP contribution in [0.1, 0.15) is 12.5 Å². The molecule has 0 unspecified atom stereocenters. The lowest BCUT2D eigenvalue weighted by atomic mass is 10.1. The monoisotopic (exact) mass is 302 g/mol. The van der Waals surface area contributed by atoms with E-state index in [1.807, 2.05) is 37.3 Å². The molecule has 22 heavy (non-hydrogen) atoms. The van der Waals surface area contributed by atoms with Crippen LogP contribution in [0.4, 0.5) is 10.5 Å². The summed E-state index contributed by atoms with van der Waals surface area (Å²) in [4.78, 5) is 19.9. The molecule has 1 atom stereocenters. The lowest BCUT2D eigenvalue weighted by Crippen LogP contribution is -2.32. The molecule has 0 fully saturated rings. The third kappa shape index (κ3) is 7.04. The van der Waals surface area contributed by atoms with Crippen molar-refractivity contribution in [2.75, 3.05) is 0 Å². The zero-order chi connectivity index (χ0) is 16.4. The molecule has 0 aromatic heterocycles. The molecule has 116 valence electrons. The molecular formula is C16H18N2O4. The van der Waals surface area contributed by atoms with E-state index in [9.17, 15) is 14.9 Å². The summed E-state index contributed by atoms with van der Waals surface area (Å²) >= 11 is 0. The first-order chi connectivity index (χ1) is 10.5. The Balaban J connectivity index is 0.000000235. The lowest BCUT2D eigenvalue weighted by Gasteiger charge is -2.10. The SMILES string of the molecule is C[C@@H](Cc1ccccc1)NC(=O)O.O=[N+]([O-])c1ccccc1. The largest absolute Gasteiger partial charge is 0.465 e. The molecule has 0 spiro atoms. The van der Waals surface area contributed by atoms with Gasteiger partial charge in [-0.05, 0) is 18.9 Å². The fourth-order valence-corrected chi connectivity index (χ4v) is 1.78. The van der Waals surface area contributed by atoms with Crippen molar-refractivity contribution in [3.8, 4) is 0 Å². The van der Waals surface area contributed by atoms with Crippen LogP contribution in [0.3, 0.4) is 0 Å². The molecule has 0 aliphatic heterocycles. The summed E-state index contributed by atoms with van der Waals surface area (Å²) < 4.78 is 0. The molecule has 0 radical (unpaired) electrons. The van der Waals surface area contributed by atoms with Gasteiger partial charge in [-0.1, -0.05) is 48.5 Å². The van der Waals surface area contributed by atoms with Crippen molar-refractivity contribution in [1.82, 2.24) is 5.32 Å². The van der Waals surface area contributed by atoms with Gasteiger partial charge in [0.05, 0.1) is 4.92 Å². The first-order valence-corrected chi connectivity index (χ1v) is 6.72. The third-order valence-corrected chi connectivity index (χ3v) is 2.72. The van der Waals surface area contributed by atoms with E-state index >= 15 is 0 Å². The second-order valence-corrected chi connectivity index (χ2v) is 4.63. The molecule has 0 heterocycles. The molecule has 0 aliphatic carbocycles. The van der Waals surface area contributed by atoms with Gasteiger partial charge in [0.2, 0.25) is 0 Å². The standard InChI is InChI=1S/C10H13NO2.C6H5NO2/c1-8(11-10(12)13)7-9-5-3-2-4-6-9;8-7(9)6-4-2-1-3-5-6/h2-6,8,11H,7H2,1H3,(H,12,13);1-5H/t8-;/m0./s1. The van der Waals surface area contributed by atoms with Crippen molar-refractivity contribution in [2.24, 2.45) is 0 Å². The molecule has 2 N–H and O–H groups in total. The number of benzene rings is 2. The molecule has 2 aromatic rings. The van der Waals surface area contributed by atoms with Crippen molar-refractivity contribution in [1.29, 1.82) is 0 Å². The van der Waals surface area contributed by atoms with Crippen LogP contribution in [0.15, 0.2) is 60.7 Å². The van der Waals surface area contributed by atoms with E-state index in [1.54, 1.807) is 18.2 Å². The van der Waals surface area contributed by atoms with Crippen molar-refractivity contribution in [3.63, 3.8) is 0 Å². The van der Waals surface area contributed by atoms with Crippen LogP contribution in [-0.4, -0.2) is 22.2 Å². The van der Waals surface area contributed by atoms with Gasteiger partial charge >= 0.3 is 6.09 Å². The first kappa shape index (κ1) is 17.2. The summed E-state index contributed by atoms with van der Waals surface area (Å²) in [5.74, 6) is 0. The average Bonchev–Trinajstić information content (AvgIpc) is 2.49. The highest BCUT2D eigenvalue weighted by Crippen LogP contribution is 2.06. The number of non-ortho nitro benzene ring substituents is 1. The number of nitrogens with zero attached hydrogens (tertiary/aromatic N) is 1. The molecule has 0 saturated heterocycles. The maximum atomic E-state index is 10.3. The van der Waals surface area contributed by atoms with Crippen molar-refractivity contribution in [3.05, 3.63) is 76.3 Å². The maximum absolute atomic E-state index is 10.3. The Morgan fingerprint density at radius 3 is 2.05 bits per heavy atom. The number of amides is 1. The van der Waals surface area contributed by atoms with E-state index < -0.39 is 11.0 Å². The Bertz CT molecular complexity index is 588. The second-order valence-electron chi connectivity index (χ2n) is 4.63. The van der Waals surface area contributed by atoms with Gasteiger partial charge in [-0.25, -0.2) is 4.79 Å². The van der Waals surface area contributed by atoms with Crippen molar-refractivity contribution >= 4 is 11.8 Å². The zero-order valence-electron chi connectivity index (χ0n) is 12.2. The Kier molecular flexibility index (Phi) is 7.12. The molecule has 6 heteroatoms. The second kappa shape index (κ2) is 9.12. The number of nitro benzene ring substituents is 1. The van der Waals surface area contributed by atoms with Gasteiger partial charge in [0, 0.05) is 18.2 Å². The number of hydrogen-bond acceptors (Lipinski definition) is 3. The quantitative estimate of drug-likeness (QED) is 0.668. The van der Waals surface area contributed by atoms with Gasteiger partial charge < -0.3 is 10.4 Å². The molecular weight excluding hydrogens is 284 g/mol. The number of hydrogen-bond donors (Lipinski definition) is 2. The molecule has 1 amide bonds. The zero-order valence-corrected chi connectivity index (χ0v) is 12.2. The van der Waals surface area contributed by atoms with Crippen molar-refractivity contribution in [2.45, 2.75) is 19.4 Å². The first-order valence-electron chi connectivity index (χ1n) is 6.72. The van der Waals surface area contributed by atoms with E-state index in [0.717, 1.165) is 12.0 Å². The lowest BCUT2D eigenvalue weighted by molar-refractivity contribution is -0.384. The fourth-order valence-electron chi connectivity index (χ4n) is 1.78. The summed E-state index contributed by atoms with van der Waals surface area (Å²) in [6.45, 7) is 1.85. The van der Waals surface area contributed by atoms with E-state index in [-0.39, 0.29) is 11.7 Å². The van der Waals surface area contributed by atoms with Crippen LogP contribution < -0.4 is 5.32 Å². The van der Waals surface area contributed by atoms with Gasteiger partial charge in [0.1, 0.15) is 0 Å². The third-order valence-electron chi connectivity index (χ3n) is 2.72. The molecule has 0 aliphatic rings. The Labute approximate surface area is 128 Å². The number of carbonyl (C=O) groups is 1.